The third kappa shape index (κ3) is 3.06. The van der Waals surface area contributed by atoms with Gasteiger partial charge in [-0.05, 0) is 17.5 Å². The Balaban J connectivity index is 2.49. The fraction of sp³-hybridized carbons (Fsp3) is 0.500. The van der Waals surface area contributed by atoms with Crippen LogP contribution in [-0.2, 0) is 4.74 Å². The monoisotopic (exact) mass is 203 g/mol. The Morgan fingerprint density at radius 1 is 1.77 bits per heavy atom. The average Bonchev–Trinajstić information content (AvgIpc) is 2.47. The van der Waals surface area contributed by atoms with Crippen LogP contribution < -0.4 is 0 Å². The maximum Gasteiger partial charge on any atom is 0.376 e. The zero-order valence-corrected chi connectivity index (χ0v) is 8.17. The van der Waals surface area contributed by atoms with Gasteiger partial charge in [0.25, 0.3) is 5.35 Å². The quantitative estimate of drug-likeness (QED) is 0.707. The highest BCUT2D eigenvalue weighted by atomic mass is 35.5. The lowest BCUT2D eigenvalue weighted by Gasteiger charge is -2.04. The zero-order valence-electron chi connectivity index (χ0n) is 7.41. The van der Waals surface area contributed by atoms with E-state index in [0.717, 1.165) is 0 Å². The molecule has 0 aliphatic rings. The van der Waals surface area contributed by atoms with Gasteiger partial charge in [0.05, 0.1) is 12.8 Å². The van der Waals surface area contributed by atoms with E-state index in [1.165, 1.54) is 6.20 Å². The summed E-state index contributed by atoms with van der Waals surface area (Å²) in [6, 6.07) is 0. The average molecular weight is 204 g/mol. The molecule has 72 valence electrons. The van der Waals surface area contributed by atoms with Crippen molar-refractivity contribution < 1.29 is 13.9 Å². The Morgan fingerprint density at radius 3 is 2.92 bits per heavy atom. The summed E-state index contributed by atoms with van der Waals surface area (Å²) >= 11 is 5.38. The molecule has 0 radical (unpaired) electrons. The van der Waals surface area contributed by atoms with Crippen LogP contribution in [0.25, 0.3) is 0 Å². The van der Waals surface area contributed by atoms with E-state index < -0.39 is 5.97 Å². The zero-order chi connectivity index (χ0) is 9.84. The van der Waals surface area contributed by atoms with Crippen molar-refractivity contribution in [1.82, 2.24) is 4.98 Å². The van der Waals surface area contributed by atoms with E-state index in [1.54, 1.807) is 0 Å². The maximum absolute atomic E-state index is 11.1. The summed E-state index contributed by atoms with van der Waals surface area (Å²) < 4.78 is 9.63. The van der Waals surface area contributed by atoms with Gasteiger partial charge in [-0.25, -0.2) is 9.78 Å². The van der Waals surface area contributed by atoms with E-state index >= 15 is 0 Å². The molecule has 0 aliphatic heterocycles. The molecule has 0 saturated carbocycles. The lowest BCUT2D eigenvalue weighted by molar-refractivity contribution is 0.0423. The Kier molecular flexibility index (Phi) is 3.31. The van der Waals surface area contributed by atoms with Gasteiger partial charge in [-0.3, -0.25) is 0 Å². The number of oxazole rings is 1. The molecule has 0 atom stereocenters. The number of esters is 1. The van der Waals surface area contributed by atoms with Gasteiger partial charge in [0.1, 0.15) is 0 Å². The third-order valence-electron chi connectivity index (χ3n) is 1.23. The third-order valence-corrected chi connectivity index (χ3v) is 1.40. The summed E-state index contributed by atoms with van der Waals surface area (Å²) in [5.74, 6) is -0.207. The van der Waals surface area contributed by atoms with Crippen molar-refractivity contribution in [3.8, 4) is 0 Å². The van der Waals surface area contributed by atoms with Gasteiger partial charge in [-0.15, -0.1) is 0 Å². The SMILES string of the molecule is CC(C)COC(=O)c1cnc(Cl)o1. The number of carbonyl (C=O) groups is 1. The summed E-state index contributed by atoms with van der Waals surface area (Å²) in [5.41, 5.74) is 0. The molecule has 13 heavy (non-hydrogen) atoms. The first-order valence-electron chi connectivity index (χ1n) is 3.88. The van der Waals surface area contributed by atoms with Crippen molar-refractivity contribution in [1.29, 1.82) is 0 Å². The first kappa shape index (κ1) is 10.1. The van der Waals surface area contributed by atoms with Crippen LogP contribution in [0.1, 0.15) is 24.4 Å². The molecular weight excluding hydrogens is 194 g/mol. The predicted octanol–water partition coefficient (Wildman–Crippen LogP) is 2.14. The Morgan fingerprint density at radius 2 is 2.46 bits per heavy atom. The molecule has 4 nitrogen and oxygen atoms in total. The van der Waals surface area contributed by atoms with Gasteiger partial charge in [0.15, 0.2) is 0 Å². The van der Waals surface area contributed by atoms with E-state index in [9.17, 15) is 4.79 Å². The second kappa shape index (κ2) is 4.28. The van der Waals surface area contributed by atoms with E-state index in [-0.39, 0.29) is 11.1 Å². The summed E-state index contributed by atoms with van der Waals surface area (Å²) in [6.45, 7) is 4.25. The van der Waals surface area contributed by atoms with Gasteiger partial charge in [0, 0.05) is 0 Å². The number of rotatable bonds is 3. The van der Waals surface area contributed by atoms with Crippen molar-refractivity contribution in [2.75, 3.05) is 6.61 Å². The van der Waals surface area contributed by atoms with Crippen LogP contribution in [0, 0.1) is 5.92 Å². The summed E-state index contributed by atoms with van der Waals surface area (Å²) in [7, 11) is 0. The van der Waals surface area contributed by atoms with Crippen molar-refractivity contribution in [2.45, 2.75) is 13.8 Å². The molecule has 0 aromatic carbocycles. The number of aromatic nitrogens is 1. The Labute approximate surface area is 80.8 Å². The standard InChI is InChI=1S/C8H10ClNO3/c1-5(2)4-12-7(11)6-3-10-8(9)13-6/h3,5H,4H2,1-2H3. The molecule has 1 rings (SSSR count). The molecule has 0 bridgehead atoms. The summed E-state index contributed by atoms with van der Waals surface area (Å²) in [5, 5.41) is -0.0588. The van der Waals surface area contributed by atoms with Crippen molar-refractivity contribution in [3.05, 3.63) is 17.3 Å². The molecule has 0 N–H and O–H groups in total. The van der Waals surface area contributed by atoms with E-state index in [4.69, 9.17) is 20.8 Å². The highest BCUT2D eigenvalue weighted by Crippen LogP contribution is 2.10. The summed E-state index contributed by atoms with van der Waals surface area (Å²) in [6.07, 6.45) is 1.24. The molecule has 5 heteroatoms. The van der Waals surface area contributed by atoms with Crippen LogP contribution in [0.15, 0.2) is 10.6 Å². The van der Waals surface area contributed by atoms with Gasteiger partial charge in [-0.2, -0.15) is 0 Å². The lowest BCUT2D eigenvalue weighted by Crippen LogP contribution is -2.09. The molecule has 1 aromatic heterocycles. The number of carbonyl (C=O) groups excluding carboxylic acids is 1. The number of hydrogen-bond acceptors (Lipinski definition) is 4. The first-order valence-corrected chi connectivity index (χ1v) is 4.26. The van der Waals surface area contributed by atoms with Crippen molar-refractivity contribution >= 4 is 17.6 Å². The largest absolute Gasteiger partial charge is 0.460 e. The molecule has 0 saturated heterocycles. The molecule has 0 fully saturated rings. The van der Waals surface area contributed by atoms with Crippen LogP contribution in [-0.4, -0.2) is 17.6 Å². The Bertz CT molecular complexity index is 295. The molecule has 0 amide bonds. The molecule has 1 heterocycles. The van der Waals surface area contributed by atoms with Crippen molar-refractivity contribution in [2.24, 2.45) is 5.92 Å². The topological polar surface area (TPSA) is 52.3 Å². The minimum atomic E-state index is -0.534. The predicted molar refractivity (Wildman–Crippen MR) is 46.6 cm³/mol. The number of ether oxygens (including phenoxy) is 1. The highest BCUT2D eigenvalue weighted by Gasteiger charge is 2.13. The second-order valence-corrected chi connectivity index (χ2v) is 3.29. The molecule has 0 spiro atoms. The van der Waals surface area contributed by atoms with E-state index in [1.807, 2.05) is 13.8 Å². The van der Waals surface area contributed by atoms with Crippen molar-refractivity contribution in [3.63, 3.8) is 0 Å². The Hall–Kier alpha value is -1.03. The maximum atomic E-state index is 11.1. The minimum Gasteiger partial charge on any atom is -0.460 e. The fourth-order valence-electron chi connectivity index (χ4n) is 0.661. The number of nitrogens with zero attached hydrogens (tertiary/aromatic N) is 1. The molecule has 0 unspecified atom stereocenters. The van der Waals surface area contributed by atoms with Crippen LogP contribution in [0.2, 0.25) is 5.35 Å². The molecular formula is C8H10ClNO3. The van der Waals surface area contributed by atoms with Gasteiger partial charge >= 0.3 is 5.97 Å². The van der Waals surface area contributed by atoms with Gasteiger partial charge in [-0.1, -0.05) is 13.8 Å². The van der Waals surface area contributed by atoms with E-state index in [2.05, 4.69) is 4.98 Å². The van der Waals surface area contributed by atoms with Gasteiger partial charge < -0.3 is 9.15 Å². The smallest absolute Gasteiger partial charge is 0.376 e. The molecule has 0 aliphatic carbocycles. The van der Waals surface area contributed by atoms with Crippen LogP contribution in [0.4, 0.5) is 0 Å². The second-order valence-electron chi connectivity index (χ2n) is 2.97. The summed E-state index contributed by atoms with van der Waals surface area (Å²) in [4.78, 5) is 14.7. The molecule has 1 aromatic rings. The van der Waals surface area contributed by atoms with Crippen LogP contribution in [0.5, 0.6) is 0 Å². The van der Waals surface area contributed by atoms with Crippen LogP contribution >= 0.6 is 11.6 Å². The first-order chi connectivity index (χ1) is 6.09. The number of halogens is 1. The minimum absolute atomic E-state index is 0.0330. The highest BCUT2D eigenvalue weighted by molar-refractivity contribution is 6.27. The lowest BCUT2D eigenvalue weighted by atomic mass is 10.2. The normalized spacial score (nSPS) is 10.5. The number of hydrogen-bond donors (Lipinski definition) is 0. The van der Waals surface area contributed by atoms with E-state index in [0.29, 0.717) is 12.5 Å². The van der Waals surface area contributed by atoms with Crippen LogP contribution in [0.3, 0.4) is 0 Å². The fourth-order valence-corrected chi connectivity index (χ4v) is 0.793. The van der Waals surface area contributed by atoms with Gasteiger partial charge in [0.2, 0.25) is 5.76 Å².